The number of fused-ring (bicyclic) bond motifs is 1. The lowest BCUT2D eigenvalue weighted by atomic mass is 9.88. The van der Waals surface area contributed by atoms with E-state index in [0.29, 0.717) is 12.6 Å². The van der Waals surface area contributed by atoms with Crippen molar-refractivity contribution in [3.63, 3.8) is 0 Å². The van der Waals surface area contributed by atoms with Crippen molar-refractivity contribution < 1.29 is 4.42 Å². The van der Waals surface area contributed by atoms with Crippen LogP contribution in [0.4, 0.5) is 0 Å². The van der Waals surface area contributed by atoms with Crippen molar-refractivity contribution in [2.24, 2.45) is 12.0 Å². The van der Waals surface area contributed by atoms with Gasteiger partial charge in [0.15, 0.2) is 5.96 Å². The molecule has 0 fully saturated rings. The second-order valence-electron chi connectivity index (χ2n) is 7.07. The SMILES string of the molecule is Cn1ncnc1CN=C(NCCc1ccco1)NC1CCc2ccccc2C1.I. The molecule has 4 rings (SSSR count). The quantitative estimate of drug-likeness (QED) is 0.306. The molecule has 8 heteroatoms. The Morgan fingerprint density at radius 2 is 2.10 bits per heavy atom. The molecular formula is C21H27IN6O. The lowest BCUT2D eigenvalue weighted by Gasteiger charge is -2.27. The molecular weight excluding hydrogens is 479 g/mol. The molecule has 0 spiro atoms. The minimum atomic E-state index is 0. The highest BCUT2D eigenvalue weighted by molar-refractivity contribution is 14.0. The molecule has 1 unspecified atom stereocenters. The molecule has 0 radical (unpaired) electrons. The van der Waals surface area contributed by atoms with Gasteiger partial charge in [0.25, 0.3) is 0 Å². The van der Waals surface area contributed by atoms with E-state index >= 15 is 0 Å². The van der Waals surface area contributed by atoms with Crippen LogP contribution in [0.25, 0.3) is 0 Å². The average Bonchev–Trinajstić information content (AvgIpc) is 3.37. The van der Waals surface area contributed by atoms with Crippen molar-refractivity contribution in [1.82, 2.24) is 25.4 Å². The Balaban J connectivity index is 0.00000240. The van der Waals surface area contributed by atoms with Crippen LogP contribution in [0.1, 0.15) is 29.1 Å². The summed E-state index contributed by atoms with van der Waals surface area (Å²) in [5, 5.41) is 11.2. The molecule has 3 aromatic rings. The molecule has 0 amide bonds. The molecule has 154 valence electrons. The number of benzene rings is 1. The van der Waals surface area contributed by atoms with Crippen LogP contribution < -0.4 is 10.6 Å². The maximum absolute atomic E-state index is 5.42. The van der Waals surface area contributed by atoms with Crippen LogP contribution in [0.15, 0.2) is 58.4 Å². The molecule has 7 nitrogen and oxygen atoms in total. The average molecular weight is 506 g/mol. The zero-order chi connectivity index (χ0) is 19.2. The number of aromatic nitrogens is 3. The highest BCUT2D eigenvalue weighted by atomic mass is 127. The Hall–Kier alpha value is -2.36. The normalized spacial score (nSPS) is 16.0. The van der Waals surface area contributed by atoms with E-state index in [4.69, 9.17) is 9.41 Å². The number of guanidine groups is 1. The van der Waals surface area contributed by atoms with Gasteiger partial charge in [0.05, 0.1) is 6.26 Å². The predicted octanol–water partition coefficient (Wildman–Crippen LogP) is 2.86. The zero-order valence-electron chi connectivity index (χ0n) is 16.5. The summed E-state index contributed by atoms with van der Waals surface area (Å²) in [5.74, 6) is 2.60. The summed E-state index contributed by atoms with van der Waals surface area (Å²) in [6.45, 7) is 1.23. The number of furan rings is 1. The van der Waals surface area contributed by atoms with Gasteiger partial charge in [0.1, 0.15) is 24.5 Å². The van der Waals surface area contributed by atoms with Crippen LogP contribution >= 0.6 is 24.0 Å². The second-order valence-corrected chi connectivity index (χ2v) is 7.07. The van der Waals surface area contributed by atoms with Crippen LogP contribution in [0.2, 0.25) is 0 Å². The van der Waals surface area contributed by atoms with Gasteiger partial charge in [-0.25, -0.2) is 9.98 Å². The second kappa shape index (κ2) is 10.4. The van der Waals surface area contributed by atoms with E-state index in [-0.39, 0.29) is 24.0 Å². The number of hydrogen-bond acceptors (Lipinski definition) is 4. The van der Waals surface area contributed by atoms with E-state index in [9.17, 15) is 0 Å². The van der Waals surface area contributed by atoms with Crippen molar-refractivity contribution in [3.05, 3.63) is 71.7 Å². The number of halogens is 1. The molecule has 29 heavy (non-hydrogen) atoms. The van der Waals surface area contributed by atoms with Crippen molar-refractivity contribution in [2.45, 2.75) is 38.3 Å². The molecule has 1 atom stereocenters. The van der Waals surface area contributed by atoms with Crippen LogP contribution in [0.3, 0.4) is 0 Å². The number of aryl methyl sites for hydroxylation is 2. The summed E-state index contributed by atoms with van der Waals surface area (Å²) in [6, 6.07) is 13.0. The lowest BCUT2D eigenvalue weighted by molar-refractivity contribution is 0.501. The Bertz CT molecular complexity index is 921. The number of aliphatic imine (C=N–C) groups is 1. The summed E-state index contributed by atoms with van der Waals surface area (Å²) in [4.78, 5) is 9.00. The third-order valence-electron chi connectivity index (χ3n) is 5.12. The van der Waals surface area contributed by atoms with Crippen LogP contribution in [0, 0.1) is 0 Å². The van der Waals surface area contributed by atoms with Gasteiger partial charge < -0.3 is 15.1 Å². The first-order chi connectivity index (χ1) is 13.8. The largest absolute Gasteiger partial charge is 0.469 e. The molecule has 0 saturated carbocycles. The van der Waals surface area contributed by atoms with Crippen molar-refractivity contribution in [2.75, 3.05) is 6.54 Å². The van der Waals surface area contributed by atoms with Crippen LogP contribution in [-0.4, -0.2) is 33.3 Å². The van der Waals surface area contributed by atoms with Gasteiger partial charge >= 0.3 is 0 Å². The van der Waals surface area contributed by atoms with Gasteiger partial charge in [0, 0.05) is 26.1 Å². The highest BCUT2D eigenvalue weighted by Gasteiger charge is 2.19. The molecule has 0 saturated heterocycles. The van der Waals surface area contributed by atoms with E-state index in [2.05, 4.69) is 45.0 Å². The third-order valence-corrected chi connectivity index (χ3v) is 5.12. The molecule has 0 aliphatic heterocycles. The van der Waals surface area contributed by atoms with Gasteiger partial charge in [-0.2, -0.15) is 5.10 Å². The standard InChI is InChI=1S/C21H26N6O.HI/c1-27-20(24-15-25-27)14-23-21(22-11-10-19-7-4-12-28-19)26-18-9-8-16-5-2-3-6-17(16)13-18;/h2-7,12,15,18H,8-11,13-14H2,1H3,(H2,22,23,26);1H. The maximum Gasteiger partial charge on any atom is 0.191 e. The van der Waals surface area contributed by atoms with Crippen molar-refractivity contribution in [3.8, 4) is 0 Å². The topological polar surface area (TPSA) is 80.3 Å². The summed E-state index contributed by atoms with van der Waals surface area (Å²) in [5.41, 5.74) is 2.89. The smallest absolute Gasteiger partial charge is 0.191 e. The molecule has 2 heterocycles. The molecule has 1 aliphatic carbocycles. The van der Waals surface area contributed by atoms with E-state index in [0.717, 1.165) is 49.8 Å². The Morgan fingerprint density at radius 3 is 2.86 bits per heavy atom. The van der Waals surface area contributed by atoms with Gasteiger partial charge in [-0.3, -0.25) is 4.68 Å². The van der Waals surface area contributed by atoms with Crippen LogP contribution in [0.5, 0.6) is 0 Å². The highest BCUT2D eigenvalue weighted by Crippen LogP contribution is 2.21. The predicted molar refractivity (Wildman–Crippen MR) is 123 cm³/mol. The Kier molecular flexibility index (Phi) is 7.68. The van der Waals surface area contributed by atoms with E-state index in [1.807, 2.05) is 19.2 Å². The molecule has 2 aromatic heterocycles. The molecule has 1 aromatic carbocycles. The fraction of sp³-hybridized carbons (Fsp3) is 0.381. The molecule has 0 bridgehead atoms. The van der Waals surface area contributed by atoms with E-state index in [1.54, 1.807) is 17.3 Å². The van der Waals surface area contributed by atoms with Crippen LogP contribution in [-0.2, 0) is 32.9 Å². The number of rotatable bonds is 6. The summed E-state index contributed by atoms with van der Waals surface area (Å²) < 4.78 is 7.17. The Morgan fingerprint density at radius 1 is 1.24 bits per heavy atom. The van der Waals surface area contributed by atoms with Gasteiger partial charge in [-0.15, -0.1) is 24.0 Å². The monoisotopic (exact) mass is 506 g/mol. The van der Waals surface area contributed by atoms with Gasteiger partial charge in [-0.1, -0.05) is 24.3 Å². The minimum absolute atomic E-state index is 0. The third kappa shape index (κ3) is 5.81. The van der Waals surface area contributed by atoms with E-state index in [1.165, 1.54) is 11.1 Å². The summed E-state index contributed by atoms with van der Waals surface area (Å²) in [7, 11) is 1.88. The molecule has 2 N–H and O–H groups in total. The van der Waals surface area contributed by atoms with Crippen molar-refractivity contribution >= 4 is 29.9 Å². The Labute approximate surface area is 188 Å². The summed E-state index contributed by atoms with van der Waals surface area (Å²) in [6.07, 6.45) is 7.28. The first-order valence-electron chi connectivity index (χ1n) is 9.75. The lowest BCUT2D eigenvalue weighted by Crippen LogP contribution is -2.46. The zero-order valence-corrected chi connectivity index (χ0v) is 18.9. The maximum atomic E-state index is 5.42. The van der Waals surface area contributed by atoms with Gasteiger partial charge in [0.2, 0.25) is 0 Å². The number of hydrogen-bond donors (Lipinski definition) is 2. The number of nitrogens with zero attached hydrogens (tertiary/aromatic N) is 4. The molecule has 1 aliphatic rings. The first-order valence-corrected chi connectivity index (χ1v) is 9.75. The minimum Gasteiger partial charge on any atom is -0.469 e. The first kappa shape index (κ1) is 21.4. The summed E-state index contributed by atoms with van der Waals surface area (Å²) >= 11 is 0. The van der Waals surface area contributed by atoms with Gasteiger partial charge in [-0.05, 0) is 42.5 Å². The number of nitrogens with one attached hydrogen (secondary N) is 2. The van der Waals surface area contributed by atoms with E-state index < -0.39 is 0 Å². The van der Waals surface area contributed by atoms with Crippen molar-refractivity contribution in [1.29, 1.82) is 0 Å². The fourth-order valence-corrected chi connectivity index (χ4v) is 3.54. The fourth-order valence-electron chi connectivity index (χ4n) is 3.54.